The number of benzene rings is 1. The molecule has 88 valence electrons. The average molecular weight is 261 g/mol. The summed E-state index contributed by atoms with van der Waals surface area (Å²) in [5.41, 5.74) is 11.8. The van der Waals surface area contributed by atoms with Gasteiger partial charge in [0.05, 0.1) is 0 Å². The topological polar surface area (TPSA) is 69.1 Å². The van der Waals surface area contributed by atoms with Crippen molar-refractivity contribution in [3.8, 4) is 0 Å². The Morgan fingerprint density at radius 1 is 1.38 bits per heavy atom. The number of nitrogens with two attached hydrogens (primary N) is 2. The van der Waals surface area contributed by atoms with Crippen LogP contribution in [0.2, 0.25) is 10.0 Å². The number of primary amides is 1. The van der Waals surface area contributed by atoms with Crippen molar-refractivity contribution in [2.24, 2.45) is 11.5 Å². The lowest BCUT2D eigenvalue weighted by atomic mass is 10.0. The Morgan fingerprint density at radius 3 is 2.62 bits per heavy atom. The third-order valence-corrected chi connectivity index (χ3v) is 2.86. The van der Waals surface area contributed by atoms with Crippen LogP contribution >= 0.6 is 23.2 Å². The van der Waals surface area contributed by atoms with Crippen molar-refractivity contribution in [2.75, 3.05) is 0 Å². The van der Waals surface area contributed by atoms with E-state index in [-0.39, 0.29) is 11.9 Å². The zero-order chi connectivity index (χ0) is 12.1. The molecule has 0 saturated heterocycles. The van der Waals surface area contributed by atoms with E-state index in [0.29, 0.717) is 29.3 Å². The molecule has 0 aliphatic carbocycles. The Balaban J connectivity index is 2.58. The molecule has 4 N–H and O–H groups in total. The molecule has 0 bridgehead atoms. The third-order valence-electron chi connectivity index (χ3n) is 2.30. The van der Waals surface area contributed by atoms with Gasteiger partial charge < -0.3 is 11.5 Å². The van der Waals surface area contributed by atoms with Gasteiger partial charge in [-0.15, -0.1) is 0 Å². The summed E-state index contributed by atoms with van der Waals surface area (Å²) in [6.45, 7) is 0. The predicted molar refractivity (Wildman–Crippen MR) is 66.4 cm³/mol. The Kier molecular flexibility index (Phi) is 5.06. The standard InChI is InChI=1S/C11H14Cl2N2O/c12-7-4-5-8(9(13)6-7)10(14)2-1-3-11(15)16/h4-6,10H,1-3,14H2,(H2,15,16). The highest BCUT2D eigenvalue weighted by Gasteiger charge is 2.10. The van der Waals surface area contributed by atoms with Crippen LogP contribution in [0.3, 0.4) is 0 Å². The average Bonchev–Trinajstić information content (AvgIpc) is 2.16. The number of halogens is 2. The molecule has 0 aliphatic heterocycles. The van der Waals surface area contributed by atoms with Gasteiger partial charge in [-0.05, 0) is 30.5 Å². The number of carbonyl (C=O) groups excluding carboxylic acids is 1. The first kappa shape index (κ1) is 13.3. The van der Waals surface area contributed by atoms with Crippen molar-refractivity contribution in [1.82, 2.24) is 0 Å². The summed E-state index contributed by atoms with van der Waals surface area (Å²) in [6.07, 6.45) is 1.68. The van der Waals surface area contributed by atoms with E-state index < -0.39 is 0 Å². The van der Waals surface area contributed by atoms with Crippen LogP contribution in [0.1, 0.15) is 30.9 Å². The highest BCUT2D eigenvalue weighted by atomic mass is 35.5. The number of rotatable bonds is 5. The molecule has 0 heterocycles. The Bertz CT molecular complexity index is 382. The van der Waals surface area contributed by atoms with Crippen molar-refractivity contribution < 1.29 is 4.79 Å². The Labute approximate surface area is 105 Å². The van der Waals surface area contributed by atoms with Crippen LogP contribution in [0.15, 0.2) is 18.2 Å². The van der Waals surface area contributed by atoms with Crippen LogP contribution in [-0.4, -0.2) is 5.91 Å². The molecule has 0 aliphatic rings. The molecular formula is C11H14Cl2N2O. The lowest BCUT2D eigenvalue weighted by molar-refractivity contribution is -0.118. The van der Waals surface area contributed by atoms with Gasteiger partial charge in [0.1, 0.15) is 0 Å². The molecule has 0 aromatic heterocycles. The summed E-state index contributed by atoms with van der Waals surface area (Å²) >= 11 is 11.8. The van der Waals surface area contributed by atoms with E-state index >= 15 is 0 Å². The van der Waals surface area contributed by atoms with Gasteiger partial charge in [-0.25, -0.2) is 0 Å². The molecular weight excluding hydrogens is 247 g/mol. The molecule has 1 amide bonds. The summed E-state index contributed by atoms with van der Waals surface area (Å²) in [5, 5.41) is 1.14. The molecule has 0 saturated carbocycles. The van der Waals surface area contributed by atoms with Crippen molar-refractivity contribution in [3.05, 3.63) is 33.8 Å². The zero-order valence-corrected chi connectivity index (χ0v) is 10.3. The molecule has 1 rings (SSSR count). The monoisotopic (exact) mass is 260 g/mol. The Morgan fingerprint density at radius 2 is 2.06 bits per heavy atom. The van der Waals surface area contributed by atoms with Crippen molar-refractivity contribution in [1.29, 1.82) is 0 Å². The molecule has 1 aromatic carbocycles. The highest BCUT2D eigenvalue weighted by Crippen LogP contribution is 2.27. The summed E-state index contributed by atoms with van der Waals surface area (Å²) in [7, 11) is 0. The summed E-state index contributed by atoms with van der Waals surface area (Å²) in [6, 6.07) is 5.02. The molecule has 1 unspecified atom stereocenters. The molecule has 1 aromatic rings. The van der Waals surface area contributed by atoms with E-state index in [0.717, 1.165) is 5.56 Å². The smallest absolute Gasteiger partial charge is 0.217 e. The molecule has 3 nitrogen and oxygen atoms in total. The molecule has 5 heteroatoms. The fraction of sp³-hybridized carbons (Fsp3) is 0.364. The quantitative estimate of drug-likeness (QED) is 0.855. The maximum atomic E-state index is 10.6. The maximum absolute atomic E-state index is 10.6. The second kappa shape index (κ2) is 6.09. The van der Waals surface area contributed by atoms with Crippen LogP contribution in [-0.2, 0) is 4.79 Å². The summed E-state index contributed by atoms with van der Waals surface area (Å²) < 4.78 is 0. The van der Waals surface area contributed by atoms with Crippen molar-refractivity contribution >= 4 is 29.1 Å². The second-order valence-electron chi connectivity index (χ2n) is 3.63. The molecule has 16 heavy (non-hydrogen) atoms. The van der Waals surface area contributed by atoms with Crippen molar-refractivity contribution in [2.45, 2.75) is 25.3 Å². The van der Waals surface area contributed by atoms with Crippen LogP contribution in [0.4, 0.5) is 0 Å². The van der Waals surface area contributed by atoms with Gasteiger partial charge in [0.25, 0.3) is 0 Å². The van der Waals surface area contributed by atoms with Gasteiger partial charge >= 0.3 is 0 Å². The van der Waals surface area contributed by atoms with Crippen LogP contribution in [0, 0.1) is 0 Å². The predicted octanol–water partition coefficient (Wildman–Crippen LogP) is 2.65. The number of hydrogen-bond acceptors (Lipinski definition) is 2. The van der Waals surface area contributed by atoms with E-state index in [1.165, 1.54) is 0 Å². The van der Waals surface area contributed by atoms with E-state index in [9.17, 15) is 4.79 Å². The minimum absolute atomic E-state index is 0.191. The lowest BCUT2D eigenvalue weighted by Crippen LogP contribution is -2.14. The molecule has 0 radical (unpaired) electrons. The number of amides is 1. The van der Waals surface area contributed by atoms with Gasteiger partial charge in [-0.3, -0.25) is 4.79 Å². The minimum Gasteiger partial charge on any atom is -0.370 e. The van der Waals surface area contributed by atoms with E-state index in [1.807, 2.05) is 0 Å². The van der Waals surface area contributed by atoms with Gasteiger partial charge in [0.2, 0.25) is 5.91 Å². The number of hydrogen-bond donors (Lipinski definition) is 2. The Hall–Kier alpha value is -0.770. The van der Waals surface area contributed by atoms with Crippen LogP contribution in [0.5, 0.6) is 0 Å². The molecule has 0 spiro atoms. The second-order valence-corrected chi connectivity index (χ2v) is 4.47. The van der Waals surface area contributed by atoms with Crippen LogP contribution < -0.4 is 11.5 Å². The van der Waals surface area contributed by atoms with Crippen LogP contribution in [0.25, 0.3) is 0 Å². The summed E-state index contributed by atoms with van der Waals surface area (Å²) in [5.74, 6) is -0.311. The molecule has 1 atom stereocenters. The normalized spacial score (nSPS) is 12.4. The number of carbonyl (C=O) groups is 1. The van der Waals surface area contributed by atoms with Gasteiger partial charge in [0, 0.05) is 22.5 Å². The zero-order valence-electron chi connectivity index (χ0n) is 8.75. The lowest BCUT2D eigenvalue weighted by Gasteiger charge is -2.13. The molecule has 0 fully saturated rings. The largest absolute Gasteiger partial charge is 0.370 e. The van der Waals surface area contributed by atoms with E-state index in [1.54, 1.807) is 18.2 Å². The first-order valence-corrected chi connectivity index (χ1v) is 5.75. The van der Waals surface area contributed by atoms with E-state index in [2.05, 4.69) is 0 Å². The van der Waals surface area contributed by atoms with Gasteiger partial charge in [-0.2, -0.15) is 0 Å². The first-order valence-electron chi connectivity index (χ1n) is 4.99. The van der Waals surface area contributed by atoms with Gasteiger partial charge in [-0.1, -0.05) is 29.3 Å². The summed E-state index contributed by atoms with van der Waals surface area (Å²) in [4.78, 5) is 10.6. The third kappa shape index (κ3) is 4.00. The fourth-order valence-electron chi connectivity index (χ4n) is 1.45. The first-order chi connectivity index (χ1) is 7.50. The SMILES string of the molecule is NC(=O)CCCC(N)c1ccc(Cl)cc1Cl. The van der Waals surface area contributed by atoms with Gasteiger partial charge in [0.15, 0.2) is 0 Å². The van der Waals surface area contributed by atoms with E-state index in [4.69, 9.17) is 34.7 Å². The fourth-order valence-corrected chi connectivity index (χ4v) is 2.00. The highest BCUT2D eigenvalue weighted by molar-refractivity contribution is 6.35. The van der Waals surface area contributed by atoms with Crippen molar-refractivity contribution in [3.63, 3.8) is 0 Å². The minimum atomic E-state index is -0.311. The maximum Gasteiger partial charge on any atom is 0.217 e.